The third kappa shape index (κ3) is 2.26. The highest BCUT2D eigenvalue weighted by atomic mass is 15.1. The van der Waals surface area contributed by atoms with Crippen LogP contribution in [0.2, 0.25) is 0 Å². The molecule has 0 atom stereocenters. The number of hydrogen-bond donors (Lipinski definition) is 2. The van der Waals surface area contributed by atoms with E-state index in [-0.39, 0.29) is 0 Å². The second kappa shape index (κ2) is 5.83. The lowest BCUT2D eigenvalue weighted by Gasteiger charge is -2.12. The number of aryl methyl sites for hydroxylation is 4. The highest BCUT2D eigenvalue weighted by Crippen LogP contribution is 2.37. The second-order valence-corrected chi connectivity index (χ2v) is 7.81. The number of nitrogens with one attached hydrogen (secondary N) is 1. The smallest absolute Gasteiger partial charge is 0.198 e. The molecule has 4 aromatic carbocycles. The molecule has 0 heterocycles. The van der Waals surface area contributed by atoms with Gasteiger partial charge in [-0.3, -0.25) is 0 Å². The molecule has 136 valence electrons. The fraction of sp³-hybridized carbons (Fsp3) is 0.160. The number of nitrogens with zero attached hydrogens (tertiary/aromatic N) is 1. The molecule has 6 rings (SSSR count). The Bertz CT molecular complexity index is 1290. The van der Waals surface area contributed by atoms with Crippen molar-refractivity contribution in [3.05, 3.63) is 82.9 Å². The van der Waals surface area contributed by atoms with Crippen molar-refractivity contribution in [3.63, 3.8) is 0 Å². The van der Waals surface area contributed by atoms with Crippen molar-refractivity contribution in [1.29, 1.82) is 0 Å². The molecular weight excluding hydrogens is 342 g/mol. The van der Waals surface area contributed by atoms with E-state index in [1.54, 1.807) is 0 Å². The van der Waals surface area contributed by atoms with E-state index in [4.69, 9.17) is 10.7 Å². The zero-order valence-electron chi connectivity index (χ0n) is 15.6. The van der Waals surface area contributed by atoms with Gasteiger partial charge in [0.15, 0.2) is 5.96 Å². The van der Waals surface area contributed by atoms with Crippen LogP contribution in [0.15, 0.2) is 65.7 Å². The van der Waals surface area contributed by atoms with Gasteiger partial charge in [-0.1, -0.05) is 48.5 Å². The standard InChI is InChI=1S/C25H21N3/c26-25(27-21-14-11-18-8-7-15-5-2-6-19(21)24(15)18)28-22-13-10-17-4-1-3-16-9-12-20(22)23(16)17/h1-6,10-11,13-14H,7-9,12H2,(H3,26,27,28). The zero-order valence-corrected chi connectivity index (χ0v) is 15.6. The highest BCUT2D eigenvalue weighted by Gasteiger charge is 2.18. The van der Waals surface area contributed by atoms with E-state index in [9.17, 15) is 0 Å². The van der Waals surface area contributed by atoms with Crippen molar-refractivity contribution in [3.8, 4) is 0 Å². The van der Waals surface area contributed by atoms with E-state index in [0.717, 1.165) is 37.1 Å². The van der Waals surface area contributed by atoms with Crippen molar-refractivity contribution in [1.82, 2.24) is 0 Å². The molecule has 3 nitrogen and oxygen atoms in total. The van der Waals surface area contributed by atoms with Gasteiger partial charge in [0.05, 0.1) is 5.69 Å². The third-order valence-electron chi connectivity index (χ3n) is 6.24. The van der Waals surface area contributed by atoms with Crippen LogP contribution in [-0.2, 0) is 25.7 Å². The minimum Gasteiger partial charge on any atom is -0.369 e. The minimum absolute atomic E-state index is 0.443. The van der Waals surface area contributed by atoms with Gasteiger partial charge < -0.3 is 11.1 Å². The molecule has 0 spiro atoms. The number of anilines is 1. The molecule has 0 amide bonds. The van der Waals surface area contributed by atoms with Crippen LogP contribution in [0.25, 0.3) is 21.5 Å². The van der Waals surface area contributed by atoms with Crippen molar-refractivity contribution < 1.29 is 0 Å². The number of nitrogens with two attached hydrogens (primary N) is 1. The van der Waals surface area contributed by atoms with Crippen LogP contribution in [0.4, 0.5) is 11.4 Å². The van der Waals surface area contributed by atoms with Gasteiger partial charge in [0.25, 0.3) is 0 Å². The average molecular weight is 363 g/mol. The Hall–Kier alpha value is -3.33. The number of guanidine groups is 1. The number of hydrogen-bond acceptors (Lipinski definition) is 1. The van der Waals surface area contributed by atoms with Gasteiger partial charge in [0.2, 0.25) is 0 Å². The SMILES string of the molecule is NC(=Nc1ccc2cccc3c2c1CC3)Nc1ccc2c3c(cccc13)CC2. The maximum atomic E-state index is 6.34. The van der Waals surface area contributed by atoms with Crippen molar-refractivity contribution >= 4 is 38.9 Å². The van der Waals surface area contributed by atoms with Gasteiger partial charge >= 0.3 is 0 Å². The molecule has 0 radical (unpaired) electrons. The van der Waals surface area contributed by atoms with Gasteiger partial charge in [-0.05, 0) is 76.2 Å². The molecular formula is C25H21N3. The summed E-state index contributed by atoms with van der Waals surface area (Å²) in [4.78, 5) is 4.76. The largest absolute Gasteiger partial charge is 0.369 e. The fourth-order valence-corrected chi connectivity index (χ4v) is 5.00. The van der Waals surface area contributed by atoms with Gasteiger partial charge in [-0.15, -0.1) is 0 Å². The minimum atomic E-state index is 0.443. The second-order valence-electron chi connectivity index (χ2n) is 7.81. The first-order chi connectivity index (χ1) is 13.8. The molecule has 3 N–H and O–H groups in total. The molecule has 0 saturated carbocycles. The summed E-state index contributed by atoms with van der Waals surface area (Å²) in [6.45, 7) is 0. The number of benzene rings is 4. The topological polar surface area (TPSA) is 50.4 Å². The van der Waals surface area contributed by atoms with Crippen molar-refractivity contribution in [2.75, 3.05) is 5.32 Å². The van der Waals surface area contributed by atoms with E-state index in [0.29, 0.717) is 5.96 Å². The molecule has 0 bridgehead atoms. The van der Waals surface area contributed by atoms with E-state index >= 15 is 0 Å². The van der Waals surface area contributed by atoms with Crippen LogP contribution in [0.1, 0.15) is 22.3 Å². The Kier molecular flexibility index (Phi) is 3.27. The monoisotopic (exact) mass is 363 g/mol. The van der Waals surface area contributed by atoms with Gasteiger partial charge in [0.1, 0.15) is 0 Å². The Labute approximate surface area is 163 Å². The summed E-state index contributed by atoms with van der Waals surface area (Å²) in [6, 6.07) is 21.7. The third-order valence-corrected chi connectivity index (χ3v) is 6.24. The van der Waals surface area contributed by atoms with E-state index in [1.807, 2.05) is 0 Å². The molecule has 0 saturated heterocycles. The van der Waals surface area contributed by atoms with Crippen molar-refractivity contribution in [2.24, 2.45) is 10.7 Å². The first-order valence-electron chi connectivity index (χ1n) is 9.96. The summed E-state index contributed by atoms with van der Waals surface area (Å²) in [7, 11) is 0. The normalized spacial score (nSPS) is 14.9. The molecule has 4 aromatic rings. The lowest BCUT2D eigenvalue weighted by molar-refractivity contribution is 1.02. The van der Waals surface area contributed by atoms with Crippen molar-refractivity contribution in [2.45, 2.75) is 25.7 Å². The van der Waals surface area contributed by atoms with Crippen LogP contribution < -0.4 is 11.1 Å². The summed E-state index contributed by atoms with van der Waals surface area (Å²) in [5.41, 5.74) is 14.0. The fourth-order valence-electron chi connectivity index (χ4n) is 5.00. The van der Waals surface area contributed by atoms with E-state index in [2.05, 4.69) is 66.0 Å². The summed E-state index contributed by atoms with van der Waals surface area (Å²) in [5, 5.41) is 8.63. The van der Waals surface area contributed by atoms with Gasteiger partial charge in [-0.2, -0.15) is 0 Å². The predicted octanol–water partition coefficient (Wildman–Crippen LogP) is 5.25. The Morgan fingerprint density at radius 3 is 2.39 bits per heavy atom. The van der Waals surface area contributed by atoms with Crippen LogP contribution >= 0.6 is 0 Å². The molecule has 0 aromatic heterocycles. The van der Waals surface area contributed by atoms with E-state index < -0.39 is 0 Å². The predicted molar refractivity (Wildman–Crippen MR) is 118 cm³/mol. The zero-order chi connectivity index (χ0) is 18.7. The summed E-state index contributed by atoms with van der Waals surface area (Å²) >= 11 is 0. The molecule has 3 heteroatoms. The Morgan fingerprint density at radius 1 is 0.750 bits per heavy atom. The molecule has 2 aliphatic carbocycles. The average Bonchev–Trinajstić information content (AvgIpc) is 3.33. The van der Waals surface area contributed by atoms with Gasteiger partial charge in [-0.25, -0.2) is 4.99 Å². The lowest BCUT2D eigenvalue weighted by Crippen LogP contribution is -2.22. The van der Waals surface area contributed by atoms with E-state index in [1.165, 1.54) is 43.8 Å². The Balaban J connectivity index is 1.41. The van der Waals surface area contributed by atoms with Crippen LogP contribution in [-0.4, -0.2) is 5.96 Å². The van der Waals surface area contributed by atoms with Gasteiger partial charge in [0, 0.05) is 11.1 Å². The summed E-state index contributed by atoms with van der Waals surface area (Å²) < 4.78 is 0. The quantitative estimate of drug-likeness (QED) is 0.377. The first-order valence-corrected chi connectivity index (χ1v) is 9.96. The molecule has 28 heavy (non-hydrogen) atoms. The molecule has 0 aliphatic heterocycles. The number of rotatable bonds is 2. The van der Waals surface area contributed by atoms with Crippen LogP contribution in [0.3, 0.4) is 0 Å². The lowest BCUT2D eigenvalue weighted by atomic mass is 10.0. The summed E-state index contributed by atoms with van der Waals surface area (Å²) in [5.74, 6) is 0.443. The van der Waals surface area contributed by atoms with Crippen LogP contribution in [0.5, 0.6) is 0 Å². The Morgan fingerprint density at radius 2 is 1.50 bits per heavy atom. The maximum absolute atomic E-state index is 6.34. The molecule has 0 fully saturated rings. The maximum Gasteiger partial charge on any atom is 0.198 e. The van der Waals surface area contributed by atoms with Crippen LogP contribution in [0, 0.1) is 0 Å². The molecule has 0 unspecified atom stereocenters. The molecule has 2 aliphatic rings. The summed E-state index contributed by atoms with van der Waals surface area (Å²) in [6.07, 6.45) is 4.37. The number of aliphatic imine (C=N–C) groups is 1. The highest BCUT2D eigenvalue weighted by molar-refractivity contribution is 6.06. The first kappa shape index (κ1) is 15.7.